The number of carbonyl (C=O) groups is 1. The molecule has 1 unspecified atom stereocenters. The third-order valence-corrected chi connectivity index (χ3v) is 4.24. The summed E-state index contributed by atoms with van der Waals surface area (Å²) in [5.41, 5.74) is -0.243. The van der Waals surface area contributed by atoms with E-state index in [4.69, 9.17) is 4.74 Å². The van der Waals surface area contributed by atoms with Crippen LogP contribution in [0.5, 0.6) is 0 Å². The number of aromatic nitrogens is 3. The van der Waals surface area contributed by atoms with Crippen LogP contribution in [0.2, 0.25) is 0 Å². The number of piperidine rings is 1. The van der Waals surface area contributed by atoms with Crippen molar-refractivity contribution in [1.82, 2.24) is 15.0 Å². The van der Waals surface area contributed by atoms with Crippen LogP contribution in [0, 0.1) is 16.0 Å². The molecule has 1 saturated heterocycles. The molecule has 0 aliphatic carbocycles. The Bertz CT molecular complexity index is 816. The number of pyridine rings is 1. The predicted molar refractivity (Wildman–Crippen MR) is 97.8 cm³/mol. The number of rotatable bonds is 6. The molecular formula is C17H20N6O4. The topological polar surface area (TPSA) is 123 Å². The maximum Gasteiger partial charge on any atom is 0.353 e. The van der Waals surface area contributed by atoms with Gasteiger partial charge in [-0.05, 0) is 31.9 Å². The Kier molecular flexibility index (Phi) is 5.74. The third kappa shape index (κ3) is 4.27. The van der Waals surface area contributed by atoms with Crippen molar-refractivity contribution >= 4 is 29.1 Å². The van der Waals surface area contributed by atoms with Gasteiger partial charge in [0.15, 0.2) is 0 Å². The van der Waals surface area contributed by atoms with Crippen molar-refractivity contribution in [3.05, 3.63) is 40.8 Å². The maximum absolute atomic E-state index is 12.1. The van der Waals surface area contributed by atoms with Gasteiger partial charge in [-0.3, -0.25) is 14.9 Å². The Morgan fingerprint density at radius 3 is 2.96 bits per heavy atom. The summed E-state index contributed by atoms with van der Waals surface area (Å²) < 4.78 is 5.09. The van der Waals surface area contributed by atoms with E-state index in [1.807, 2.05) is 0 Å². The molecule has 1 N–H and O–H groups in total. The smallest absolute Gasteiger partial charge is 0.353 e. The summed E-state index contributed by atoms with van der Waals surface area (Å²) in [5, 5.41) is 14.6. The van der Waals surface area contributed by atoms with Crippen LogP contribution in [0.15, 0.2) is 30.7 Å². The molecular weight excluding hydrogens is 352 g/mol. The molecule has 10 nitrogen and oxygen atoms in total. The molecule has 0 spiro atoms. The van der Waals surface area contributed by atoms with Gasteiger partial charge in [0.2, 0.25) is 11.6 Å². The minimum atomic E-state index is -0.519. The average Bonchev–Trinajstić information content (AvgIpc) is 2.68. The summed E-state index contributed by atoms with van der Waals surface area (Å²) in [7, 11) is 0. The normalized spacial score (nSPS) is 16.6. The molecule has 0 amide bonds. The summed E-state index contributed by atoms with van der Waals surface area (Å²) in [4.78, 5) is 37.3. The van der Waals surface area contributed by atoms with Crippen molar-refractivity contribution in [1.29, 1.82) is 0 Å². The van der Waals surface area contributed by atoms with Gasteiger partial charge in [0.1, 0.15) is 12.1 Å². The first-order valence-electron chi connectivity index (χ1n) is 8.69. The highest BCUT2D eigenvalue weighted by Crippen LogP contribution is 2.35. The van der Waals surface area contributed by atoms with Crippen LogP contribution in [0.25, 0.3) is 0 Å². The van der Waals surface area contributed by atoms with Crippen molar-refractivity contribution in [3.8, 4) is 0 Å². The molecule has 10 heteroatoms. The Hall–Kier alpha value is -3.30. The lowest BCUT2D eigenvalue weighted by molar-refractivity contribution is -0.383. The second kappa shape index (κ2) is 8.39. The predicted octanol–water partition coefficient (Wildman–Crippen LogP) is 2.30. The van der Waals surface area contributed by atoms with Gasteiger partial charge in [-0.15, -0.1) is 0 Å². The van der Waals surface area contributed by atoms with Gasteiger partial charge in [-0.25, -0.2) is 15.0 Å². The molecule has 2 aromatic heterocycles. The standard InChI is InChI=1S/C17H20N6O4/c1-2-27-17(24)12-6-5-9-22(10-12)16-14(23(25)26)15(19-11-20-16)21-13-7-3-4-8-18-13/h3-4,7-8,11-12H,2,5-6,9-10H2,1H3,(H,18,19,20,21). The summed E-state index contributed by atoms with van der Waals surface area (Å²) in [6.45, 7) is 2.95. The summed E-state index contributed by atoms with van der Waals surface area (Å²) in [6, 6.07) is 5.19. The van der Waals surface area contributed by atoms with Gasteiger partial charge in [0, 0.05) is 19.3 Å². The molecule has 0 aromatic carbocycles. The van der Waals surface area contributed by atoms with E-state index in [2.05, 4.69) is 20.3 Å². The van der Waals surface area contributed by atoms with Crippen molar-refractivity contribution in [2.24, 2.45) is 5.92 Å². The molecule has 2 aromatic rings. The lowest BCUT2D eigenvalue weighted by Gasteiger charge is -2.32. The van der Waals surface area contributed by atoms with Gasteiger partial charge in [-0.2, -0.15) is 0 Å². The molecule has 1 aliphatic rings. The number of nitrogens with one attached hydrogen (secondary N) is 1. The van der Waals surface area contributed by atoms with E-state index in [0.29, 0.717) is 38.4 Å². The second-order valence-corrected chi connectivity index (χ2v) is 6.03. The monoisotopic (exact) mass is 372 g/mol. The van der Waals surface area contributed by atoms with Gasteiger partial charge < -0.3 is 15.0 Å². The first-order chi connectivity index (χ1) is 13.1. The third-order valence-electron chi connectivity index (χ3n) is 4.24. The molecule has 0 bridgehead atoms. The largest absolute Gasteiger partial charge is 0.466 e. The number of ether oxygens (including phenoxy) is 1. The fourth-order valence-electron chi connectivity index (χ4n) is 3.04. The zero-order valence-electron chi connectivity index (χ0n) is 14.9. The number of nitro groups is 1. The van der Waals surface area contributed by atoms with E-state index in [0.717, 1.165) is 0 Å². The highest BCUT2D eigenvalue weighted by Gasteiger charge is 2.33. The van der Waals surface area contributed by atoms with Crippen LogP contribution >= 0.6 is 0 Å². The van der Waals surface area contributed by atoms with E-state index >= 15 is 0 Å². The Morgan fingerprint density at radius 2 is 2.26 bits per heavy atom. The highest BCUT2D eigenvalue weighted by atomic mass is 16.6. The van der Waals surface area contributed by atoms with Crippen LogP contribution in [0.3, 0.4) is 0 Å². The fraction of sp³-hybridized carbons (Fsp3) is 0.412. The van der Waals surface area contributed by atoms with Crippen LogP contribution in [0.1, 0.15) is 19.8 Å². The van der Waals surface area contributed by atoms with Crippen molar-refractivity contribution in [2.75, 3.05) is 29.9 Å². The number of anilines is 3. The molecule has 1 atom stereocenters. The molecule has 0 radical (unpaired) electrons. The van der Waals surface area contributed by atoms with Gasteiger partial charge >= 0.3 is 11.7 Å². The highest BCUT2D eigenvalue weighted by molar-refractivity contribution is 5.76. The molecule has 1 fully saturated rings. The molecule has 27 heavy (non-hydrogen) atoms. The van der Waals surface area contributed by atoms with Crippen LogP contribution in [-0.2, 0) is 9.53 Å². The van der Waals surface area contributed by atoms with E-state index in [-0.39, 0.29) is 29.2 Å². The zero-order valence-corrected chi connectivity index (χ0v) is 14.9. The quantitative estimate of drug-likeness (QED) is 0.462. The van der Waals surface area contributed by atoms with E-state index in [1.54, 1.807) is 36.2 Å². The van der Waals surface area contributed by atoms with Crippen molar-refractivity contribution < 1.29 is 14.5 Å². The van der Waals surface area contributed by atoms with Gasteiger partial charge in [0.05, 0.1) is 17.4 Å². The number of esters is 1. The molecule has 3 heterocycles. The average molecular weight is 372 g/mol. The summed E-state index contributed by atoms with van der Waals surface area (Å²) >= 11 is 0. The molecule has 3 rings (SSSR count). The SMILES string of the molecule is CCOC(=O)C1CCCN(c2ncnc(Nc3ccccn3)c2[N+](=O)[O-])C1. The molecule has 142 valence electrons. The summed E-state index contributed by atoms with van der Waals surface area (Å²) in [6.07, 6.45) is 4.24. The van der Waals surface area contributed by atoms with Crippen molar-refractivity contribution in [3.63, 3.8) is 0 Å². The minimum absolute atomic E-state index is 0.0574. The number of hydrogen-bond acceptors (Lipinski definition) is 9. The second-order valence-electron chi connectivity index (χ2n) is 6.03. The van der Waals surface area contributed by atoms with Crippen LogP contribution < -0.4 is 10.2 Å². The zero-order chi connectivity index (χ0) is 19.2. The first-order valence-corrected chi connectivity index (χ1v) is 8.69. The lowest BCUT2D eigenvalue weighted by atomic mass is 9.98. The van der Waals surface area contributed by atoms with Crippen molar-refractivity contribution in [2.45, 2.75) is 19.8 Å². The fourth-order valence-corrected chi connectivity index (χ4v) is 3.04. The van der Waals surface area contributed by atoms with Crippen LogP contribution in [-0.4, -0.2) is 45.5 Å². The van der Waals surface area contributed by atoms with E-state index in [9.17, 15) is 14.9 Å². The van der Waals surface area contributed by atoms with E-state index < -0.39 is 4.92 Å². The molecule has 0 saturated carbocycles. The Morgan fingerprint density at radius 1 is 1.41 bits per heavy atom. The Balaban J connectivity index is 1.89. The van der Waals surface area contributed by atoms with E-state index in [1.165, 1.54) is 6.33 Å². The maximum atomic E-state index is 12.1. The molecule has 1 aliphatic heterocycles. The van der Waals surface area contributed by atoms with Gasteiger partial charge in [0.25, 0.3) is 0 Å². The Labute approximate surface area is 155 Å². The minimum Gasteiger partial charge on any atom is -0.466 e. The number of carbonyl (C=O) groups excluding carboxylic acids is 1. The lowest BCUT2D eigenvalue weighted by Crippen LogP contribution is -2.40. The number of nitrogens with zero attached hydrogens (tertiary/aromatic N) is 5. The number of hydrogen-bond donors (Lipinski definition) is 1. The van der Waals surface area contributed by atoms with Crippen LogP contribution in [0.4, 0.5) is 23.1 Å². The summed E-state index contributed by atoms with van der Waals surface area (Å²) in [5.74, 6) is 0.0592. The first kappa shape index (κ1) is 18.5. The van der Waals surface area contributed by atoms with Gasteiger partial charge in [-0.1, -0.05) is 6.07 Å².